The van der Waals surface area contributed by atoms with E-state index in [0.29, 0.717) is 23.9 Å². The first-order valence-corrected chi connectivity index (χ1v) is 8.53. The van der Waals surface area contributed by atoms with Crippen molar-refractivity contribution in [3.05, 3.63) is 87.3 Å². The molecule has 0 unspecified atom stereocenters. The molecule has 0 aliphatic rings. The van der Waals surface area contributed by atoms with Crippen LogP contribution in [-0.2, 0) is 6.42 Å². The van der Waals surface area contributed by atoms with Gasteiger partial charge in [0.15, 0.2) is 0 Å². The van der Waals surface area contributed by atoms with Crippen molar-refractivity contribution in [1.82, 2.24) is 9.97 Å². The number of benzene rings is 2. The van der Waals surface area contributed by atoms with Crippen molar-refractivity contribution < 1.29 is 0 Å². The molecule has 0 radical (unpaired) electrons. The van der Waals surface area contributed by atoms with Crippen LogP contribution in [0.2, 0.25) is 0 Å². The van der Waals surface area contributed by atoms with Crippen LogP contribution < -0.4 is 10.9 Å². The number of aryl methyl sites for hydroxylation is 1. The minimum atomic E-state index is -0.0994. The predicted molar refractivity (Wildman–Crippen MR) is 103 cm³/mol. The molecule has 0 spiro atoms. The Kier molecular flexibility index (Phi) is 4.98. The molecule has 0 saturated carbocycles. The second-order valence-corrected chi connectivity index (χ2v) is 6.54. The maximum Gasteiger partial charge on any atom is 0.256 e. The quantitative estimate of drug-likeness (QED) is 0.721. The summed E-state index contributed by atoms with van der Waals surface area (Å²) in [4.78, 5) is 19.8. The second kappa shape index (κ2) is 7.34. The van der Waals surface area contributed by atoms with Gasteiger partial charge >= 0.3 is 0 Å². The molecule has 0 bridgehead atoms. The summed E-state index contributed by atoms with van der Waals surface area (Å²) in [6.45, 7) is 6.20. The Morgan fingerprint density at radius 2 is 1.72 bits per heavy atom. The van der Waals surface area contributed by atoms with Gasteiger partial charge in [-0.05, 0) is 36.1 Å². The Balaban J connectivity index is 1.81. The van der Waals surface area contributed by atoms with E-state index in [4.69, 9.17) is 0 Å². The van der Waals surface area contributed by atoms with Gasteiger partial charge in [-0.2, -0.15) is 0 Å². The minimum absolute atomic E-state index is 0.0994. The average molecular weight is 333 g/mol. The summed E-state index contributed by atoms with van der Waals surface area (Å²) in [5.74, 6) is 0.961. The van der Waals surface area contributed by atoms with E-state index in [1.807, 2.05) is 49.4 Å². The van der Waals surface area contributed by atoms with E-state index in [1.54, 1.807) is 0 Å². The van der Waals surface area contributed by atoms with Crippen LogP contribution in [0.3, 0.4) is 0 Å². The van der Waals surface area contributed by atoms with Gasteiger partial charge in [-0.3, -0.25) is 9.78 Å². The standard InChI is InChI=1S/C21H23N3O/c1-14(2)17-9-11-18(12-10-17)23-21-22-15(3)19(20(25)24-21)13-16-7-5-4-6-8-16/h4-12,14H,13H2,1-3H3,(H2,22,23,24,25). The number of nitrogens with zero attached hydrogens (tertiary/aromatic N) is 1. The third-order valence-corrected chi connectivity index (χ3v) is 4.29. The molecule has 1 aromatic heterocycles. The number of rotatable bonds is 5. The summed E-state index contributed by atoms with van der Waals surface area (Å²) in [5.41, 5.74) is 4.63. The van der Waals surface area contributed by atoms with Gasteiger partial charge in [0.1, 0.15) is 0 Å². The van der Waals surface area contributed by atoms with E-state index in [-0.39, 0.29) is 5.56 Å². The molecule has 4 nitrogen and oxygen atoms in total. The summed E-state index contributed by atoms with van der Waals surface area (Å²) in [6, 6.07) is 18.1. The van der Waals surface area contributed by atoms with Crippen molar-refractivity contribution in [1.29, 1.82) is 0 Å². The van der Waals surface area contributed by atoms with Crippen LogP contribution >= 0.6 is 0 Å². The molecule has 2 aromatic carbocycles. The zero-order valence-electron chi connectivity index (χ0n) is 14.8. The highest BCUT2D eigenvalue weighted by Gasteiger charge is 2.09. The lowest BCUT2D eigenvalue weighted by Gasteiger charge is -2.11. The van der Waals surface area contributed by atoms with Crippen LogP contribution in [-0.4, -0.2) is 9.97 Å². The zero-order chi connectivity index (χ0) is 17.8. The fraction of sp³-hybridized carbons (Fsp3) is 0.238. The summed E-state index contributed by atoms with van der Waals surface area (Å²) in [5, 5.41) is 3.18. The molecule has 2 N–H and O–H groups in total. The number of anilines is 2. The highest BCUT2D eigenvalue weighted by Crippen LogP contribution is 2.19. The monoisotopic (exact) mass is 333 g/mol. The number of hydrogen-bond acceptors (Lipinski definition) is 3. The molecule has 4 heteroatoms. The maximum absolute atomic E-state index is 12.5. The fourth-order valence-corrected chi connectivity index (χ4v) is 2.77. The Labute approximate surface area is 148 Å². The molecule has 0 saturated heterocycles. The molecule has 0 aliphatic carbocycles. The molecule has 1 heterocycles. The van der Waals surface area contributed by atoms with Crippen molar-refractivity contribution in [2.24, 2.45) is 0 Å². The van der Waals surface area contributed by atoms with Gasteiger partial charge in [-0.1, -0.05) is 56.3 Å². The van der Waals surface area contributed by atoms with Gasteiger partial charge in [-0.15, -0.1) is 0 Å². The smallest absolute Gasteiger partial charge is 0.256 e. The first-order chi connectivity index (χ1) is 12.0. The molecule has 0 atom stereocenters. The Morgan fingerprint density at radius 1 is 1.04 bits per heavy atom. The van der Waals surface area contributed by atoms with Crippen molar-refractivity contribution in [3.63, 3.8) is 0 Å². The van der Waals surface area contributed by atoms with Crippen molar-refractivity contribution in [2.45, 2.75) is 33.1 Å². The normalized spacial score (nSPS) is 10.9. The van der Waals surface area contributed by atoms with E-state index >= 15 is 0 Å². The lowest BCUT2D eigenvalue weighted by Crippen LogP contribution is -2.18. The van der Waals surface area contributed by atoms with Crippen LogP contribution in [0.5, 0.6) is 0 Å². The van der Waals surface area contributed by atoms with Crippen molar-refractivity contribution in [3.8, 4) is 0 Å². The van der Waals surface area contributed by atoms with Crippen LogP contribution in [0.1, 0.15) is 42.1 Å². The van der Waals surface area contributed by atoms with Crippen LogP contribution in [0.15, 0.2) is 59.4 Å². The SMILES string of the molecule is Cc1nc(Nc2ccc(C(C)C)cc2)[nH]c(=O)c1Cc1ccccc1. The van der Waals surface area contributed by atoms with Crippen molar-refractivity contribution in [2.75, 3.05) is 5.32 Å². The van der Waals surface area contributed by atoms with E-state index in [2.05, 4.69) is 41.3 Å². The largest absolute Gasteiger partial charge is 0.326 e. The number of H-pyrrole nitrogens is 1. The van der Waals surface area contributed by atoms with Gasteiger partial charge in [0.25, 0.3) is 5.56 Å². The second-order valence-electron chi connectivity index (χ2n) is 6.54. The molecular formula is C21H23N3O. The van der Waals surface area contributed by atoms with E-state index in [1.165, 1.54) is 5.56 Å². The lowest BCUT2D eigenvalue weighted by atomic mass is 10.0. The number of nitrogens with one attached hydrogen (secondary N) is 2. The molecule has 3 rings (SSSR count). The molecule has 25 heavy (non-hydrogen) atoms. The summed E-state index contributed by atoms with van der Waals surface area (Å²) in [6.07, 6.45) is 0.582. The average Bonchev–Trinajstić information content (AvgIpc) is 2.59. The molecule has 0 fully saturated rings. The van der Waals surface area contributed by atoms with E-state index < -0.39 is 0 Å². The van der Waals surface area contributed by atoms with Crippen LogP contribution in [0, 0.1) is 6.92 Å². The van der Waals surface area contributed by atoms with Crippen LogP contribution in [0.4, 0.5) is 11.6 Å². The fourth-order valence-electron chi connectivity index (χ4n) is 2.77. The van der Waals surface area contributed by atoms with Gasteiger partial charge in [0.05, 0.1) is 5.69 Å². The molecule has 3 aromatic rings. The molecular weight excluding hydrogens is 310 g/mol. The molecule has 0 amide bonds. The Hall–Kier alpha value is -2.88. The first kappa shape index (κ1) is 17.0. The Bertz CT molecular complexity index is 897. The van der Waals surface area contributed by atoms with Gasteiger partial charge < -0.3 is 5.32 Å². The van der Waals surface area contributed by atoms with Crippen molar-refractivity contribution >= 4 is 11.6 Å². The number of hydrogen-bond donors (Lipinski definition) is 2. The zero-order valence-corrected chi connectivity index (χ0v) is 14.8. The molecule has 128 valence electrons. The molecule has 0 aliphatic heterocycles. The van der Waals surface area contributed by atoms with E-state index in [0.717, 1.165) is 16.9 Å². The highest BCUT2D eigenvalue weighted by molar-refractivity contribution is 5.54. The number of aromatic nitrogens is 2. The third-order valence-electron chi connectivity index (χ3n) is 4.29. The number of aromatic amines is 1. The Morgan fingerprint density at radius 3 is 2.32 bits per heavy atom. The first-order valence-electron chi connectivity index (χ1n) is 8.53. The van der Waals surface area contributed by atoms with Crippen LogP contribution in [0.25, 0.3) is 0 Å². The maximum atomic E-state index is 12.5. The minimum Gasteiger partial charge on any atom is -0.326 e. The lowest BCUT2D eigenvalue weighted by molar-refractivity contribution is 0.867. The van der Waals surface area contributed by atoms with Gasteiger partial charge in [-0.25, -0.2) is 4.98 Å². The topological polar surface area (TPSA) is 57.8 Å². The predicted octanol–water partition coefficient (Wildman–Crippen LogP) is 4.54. The van der Waals surface area contributed by atoms with E-state index in [9.17, 15) is 4.79 Å². The van der Waals surface area contributed by atoms with Gasteiger partial charge in [0, 0.05) is 17.7 Å². The summed E-state index contributed by atoms with van der Waals surface area (Å²) >= 11 is 0. The summed E-state index contributed by atoms with van der Waals surface area (Å²) < 4.78 is 0. The highest BCUT2D eigenvalue weighted by atomic mass is 16.1. The summed E-state index contributed by atoms with van der Waals surface area (Å²) in [7, 11) is 0. The van der Waals surface area contributed by atoms with Gasteiger partial charge in [0.2, 0.25) is 5.95 Å². The third kappa shape index (κ3) is 4.15.